The number of carbonyl (C=O) groups is 1. The van der Waals surface area contributed by atoms with E-state index in [9.17, 15) is 4.79 Å². The first-order valence-electron chi connectivity index (χ1n) is 5.41. The van der Waals surface area contributed by atoms with Crippen LogP contribution in [-0.4, -0.2) is 16.1 Å². The summed E-state index contributed by atoms with van der Waals surface area (Å²) in [4.78, 5) is 13.1. The quantitative estimate of drug-likeness (QED) is 0.942. The van der Waals surface area contributed by atoms with E-state index in [4.69, 9.17) is 11.6 Å². The van der Waals surface area contributed by atoms with Gasteiger partial charge in [0.1, 0.15) is 0 Å². The molecule has 18 heavy (non-hydrogen) atoms. The van der Waals surface area contributed by atoms with Crippen molar-refractivity contribution >= 4 is 40.2 Å². The van der Waals surface area contributed by atoms with E-state index in [1.807, 2.05) is 17.5 Å². The molecule has 0 aliphatic heterocycles. The summed E-state index contributed by atoms with van der Waals surface area (Å²) in [6, 6.07) is 3.98. The summed E-state index contributed by atoms with van der Waals surface area (Å²) in [5, 5.41) is 12.6. The molecule has 0 aliphatic rings. The Kier molecular flexibility index (Phi) is 4.31. The van der Waals surface area contributed by atoms with Crippen molar-refractivity contribution in [3.63, 3.8) is 0 Å². The van der Waals surface area contributed by atoms with Crippen LogP contribution in [0.1, 0.15) is 34.6 Å². The van der Waals surface area contributed by atoms with E-state index in [1.165, 1.54) is 0 Å². The minimum atomic E-state index is -0.230. The van der Waals surface area contributed by atoms with Gasteiger partial charge < -0.3 is 5.32 Å². The molecule has 0 aromatic carbocycles. The maximum Gasteiger partial charge on any atom is 0.282 e. The highest BCUT2D eigenvalue weighted by molar-refractivity contribution is 7.17. The van der Waals surface area contributed by atoms with Gasteiger partial charge in [-0.3, -0.25) is 4.79 Å². The molecule has 96 valence electrons. The molecule has 2 aromatic heterocycles. The van der Waals surface area contributed by atoms with Crippen molar-refractivity contribution in [3.8, 4) is 0 Å². The van der Waals surface area contributed by atoms with Crippen LogP contribution in [0.2, 0.25) is 4.47 Å². The Bertz CT molecular complexity index is 524. The number of thiophene rings is 1. The second kappa shape index (κ2) is 5.77. The molecule has 0 spiro atoms. The molecule has 2 rings (SSSR count). The Morgan fingerprint density at radius 2 is 2.22 bits per heavy atom. The standard InChI is InChI=1S/C11H12ClN3OS2/c1-6(2)8(7-4-3-5-17-7)13-9(16)10-14-15-11(12)18-10/h3-6,8H,1-2H3,(H,13,16). The number of rotatable bonds is 4. The lowest BCUT2D eigenvalue weighted by Gasteiger charge is -2.20. The fourth-order valence-corrected chi connectivity index (χ4v) is 3.22. The molecule has 0 saturated carbocycles. The molecule has 0 radical (unpaired) electrons. The number of aromatic nitrogens is 2. The maximum absolute atomic E-state index is 12.0. The first-order valence-corrected chi connectivity index (χ1v) is 7.48. The van der Waals surface area contributed by atoms with Crippen LogP contribution >= 0.6 is 34.3 Å². The summed E-state index contributed by atoms with van der Waals surface area (Å²) in [7, 11) is 0. The van der Waals surface area contributed by atoms with Crippen LogP contribution in [-0.2, 0) is 0 Å². The molecule has 0 saturated heterocycles. The van der Waals surface area contributed by atoms with Gasteiger partial charge in [0.25, 0.3) is 5.91 Å². The zero-order valence-electron chi connectivity index (χ0n) is 9.88. The van der Waals surface area contributed by atoms with Crippen molar-refractivity contribution < 1.29 is 4.79 Å². The molecule has 0 fully saturated rings. The summed E-state index contributed by atoms with van der Waals surface area (Å²) in [5.41, 5.74) is 0. The fourth-order valence-electron chi connectivity index (χ4n) is 1.53. The number of hydrogen-bond donors (Lipinski definition) is 1. The summed E-state index contributed by atoms with van der Waals surface area (Å²) in [5.74, 6) is 0.0718. The monoisotopic (exact) mass is 301 g/mol. The van der Waals surface area contributed by atoms with Crippen molar-refractivity contribution in [1.82, 2.24) is 15.5 Å². The molecule has 0 aliphatic carbocycles. The molecule has 1 unspecified atom stereocenters. The summed E-state index contributed by atoms with van der Waals surface area (Å²) in [6.07, 6.45) is 0. The third-order valence-electron chi connectivity index (χ3n) is 2.40. The highest BCUT2D eigenvalue weighted by Gasteiger charge is 2.21. The molecule has 1 amide bonds. The molecular weight excluding hydrogens is 290 g/mol. The zero-order chi connectivity index (χ0) is 13.1. The number of carbonyl (C=O) groups excluding carboxylic acids is 1. The first-order chi connectivity index (χ1) is 8.58. The van der Waals surface area contributed by atoms with Crippen LogP contribution in [0.4, 0.5) is 0 Å². The third kappa shape index (κ3) is 3.07. The largest absolute Gasteiger partial charge is 0.342 e. The van der Waals surface area contributed by atoms with E-state index in [-0.39, 0.29) is 16.4 Å². The van der Waals surface area contributed by atoms with Gasteiger partial charge in [-0.2, -0.15) is 0 Å². The number of halogens is 1. The minimum absolute atomic E-state index is 0.0137. The van der Waals surface area contributed by atoms with Crippen LogP contribution in [0.3, 0.4) is 0 Å². The number of nitrogens with zero attached hydrogens (tertiary/aromatic N) is 2. The lowest BCUT2D eigenvalue weighted by molar-refractivity contribution is 0.0925. The van der Waals surface area contributed by atoms with Gasteiger partial charge in [-0.15, -0.1) is 21.5 Å². The van der Waals surface area contributed by atoms with E-state index in [0.29, 0.717) is 10.9 Å². The van der Waals surface area contributed by atoms with Crippen molar-refractivity contribution in [1.29, 1.82) is 0 Å². The molecular formula is C11H12ClN3OS2. The van der Waals surface area contributed by atoms with Crippen LogP contribution in [0.5, 0.6) is 0 Å². The van der Waals surface area contributed by atoms with Crippen LogP contribution < -0.4 is 5.32 Å². The number of hydrogen-bond acceptors (Lipinski definition) is 5. The molecule has 4 nitrogen and oxygen atoms in total. The topological polar surface area (TPSA) is 54.9 Å². The zero-order valence-corrected chi connectivity index (χ0v) is 12.3. The van der Waals surface area contributed by atoms with Crippen molar-refractivity contribution in [2.24, 2.45) is 5.92 Å². The second-order valence-electron chi connectivity index (χ2n) is 4.07. The average Bonchev–Trinajstić information content (AvgIpc) is 2.95. The van der Waals surface area contributed by atoms with Gasteiger partial charge in [0, 0.05) is 4.88 Å². The van der Waals surface area contributed by atoms with E-state index in [0.717, 1.165) is 16.2 Å². The molecule has 2 heterocycles. The van der Waals surface area contributed by atoms with E-state index >= 15 is 0 Å². The highest BCUT2D eigenvalue weighted by atomic mass is 35.5. The van der Waals surface area contributed by atoms with Gasteiger partial charge in [-0.05, 0) is 29.0 Å². The van der Waals surface area contributed by atoms with Gasteiger partial charge in [0.2, 0.25) is 9.47 Å². The third-order valence-corrected chi connectivity index (χ3v) is 4.37. The fraction of sp³-hybridized carbons (Fsp3) is 0.364. The Balaban J connectivity index is 2.13. The SMILES string of the molecule is CC(C)C(NC(=O)c1nnc(Cl)s1)c1cccs1. The smallest absolute Gasteiger partial charge is 0.282 e. The lowest BCUT2D eigenvalue weighted by atomic mass is 10.0. The second-order valence-corrected chi connectivity index (χ2v) is 6.61. The van der Waals surface area contributed by atoms with Crippen LogP contribution in [0.15, 0.2) is 17.5 Å². The Labute approximate surface area is 118 Å². The lowest BCUT2D eigenvalue weighted by Crippen LogP contribution is -2.31. The normalized spacial score (nSPS) is 12.7. The van der Waals surface area contributed by atoms with E-state index < -0.39 is 0 Å². The Morgan fingerprint density at radius 1 is 1.44 bits per heavy atom. The van der Waals surface area contributed by atoms with E-state index in [1.54, 1.807) is 11.3 Å². The van der Waals surface area contributed by atoms with Crippen molar-refractivity contribution in [2.75, 3.05) is 0 Å². The van der Waals surface area contributed by atoms with Gasteiger partial charge >= 0.3 is 0 Å². The number of amides is 1. The molecule has 7 heteroatoms. The van der Waals surface area contributed by atoms with Gasteiger partial charge in [0.05, 0.1) is 6.04 Å². The number of nitrogens with one attached hydrogen (secondary N) is 1. The Morgan fingerprint density at radius 3 is 2.72 bits per heavy atom. The summed E-state index contributed by atoms with van der Waals surface area (Å²) in [6.45, 7) is 4.13. The Hall–Kier alpha value is -0.980. The first kappa shape index (κ1) is 13.5. The molecule has 2 aromatic rings. The van der Waals surface area contributed by atoms with Crippen LogP contribution in [0, 0.1) is 5.92 Å². The van der Waals surface area contributed by atoms with Crippen molar-refractivity contribution in [2.45, 2.75) is 19.9 Å². The van der Waals surface area contributed by atoms with Gasteiger partial charge in [-0.1, -0.05) is 31.3 Å². The average molecular weight is 302 g/mol. The predicted octanol–water partition coefficient (Wildman–Crippen LogP) is 3.38. The summed E-state index contributed by atoms with van der Waals surface area (Å²) < 4.78 is 0.275. The molecule has 1 N–H and O–H groups in total. The molecule has 1 atom stereocenters. The van der Waals surface area contributed by atoms with E-state index in [2.05, 4.69) is 29.4 Å². The van der Waals surface area contributed by atoms with Gasteiger partial charge in [0.15, 0.2) is 0 Å². The summed E-state index contributed by atoms with van der Waals surface area (Å²) >= 11 is 8.38. The predicted molar refractivity (Wildman–Crippen MR) is 74.3 cm³/mol. The van der Waals surface area contributed by atoms with Gasteiger partial charge in [-0.25, -0.2) is 0 Å². The molecule has 0 bridgehead atoms. The minimum Gasteiger partial charge on any atom is -0.342 e. The van der Waals surface area contributed by atoms with Crippen LogP contribution in [0.25, 0.3) is 0 Å². The highest BCUT2D eigenvalue weighted by Crippen LogP contribution is 2.26. The maximum atomic E-state index is 12.0. The van der Waals surface area contributed by atoms with Crippen molar-refractivity contribution in [3.05, 3.63) is 31.9 Å².